The molecular weight excluding hydrogens is 236 g/mol. The molecule has 1 saturated carbocycles. The number of nitrogens with two attached hydrogens (primary N) is 1. The predicted molar refractivity (Wildman–Crippen MR) is 77.4 cm³/mol. The van der Waals surface area contributed by atoms with Gasteiger partial charge in [0.25, 0.3) is 0 Å². The van der Waals surface area contributed by atoms with E-state index in [1.165, 1.54) is 11.1 Å². The lowest BCUT2D eigenvalue weighted by Crippen LogP contribution is -2.16. The van der Waals surface area contributed by atoms with Crippen molar-refractivity contribution in [3.63, 3.8) is 0 Å². The van der Waals surface area contributed by atoms with E-state index in [4.69, 9.17) is 11.1 Å². The van der Waals surface area contributed by atoms with Crippen LogP contribution in [0.1, 0.15) is 49.7 Å². The van der Waals surface area contributed by atoms with Crippen molar-refractivity contribution < 1.29 is 4.79 Å². The van der Waals surface area contributed by atoms with Crippen LogP contribution >= 0.6 is 0 Å². The smallest absolute Gasteiger partial charge is 0.139 e. The summed E-state index contributed by atoms with van der Waals surface area (Å²) in [6.07, 6.45) is 2.72. The lowest BCUT2D eigenvalue weighted by molar-refractivity contribution is -0.123. The lowest BCUT2D eigenvalue weighted by atomic mass is 9.93. The second kappa shape index (κ2) is 5.16. The first kappa shape index (κ1) is 13.8. The molecule has 0 aromatic heterocycles. The zero-order valence-electron chi connectivity index (χ0n) is 11.7. The number of ketones is 1. The van der Waals surface area contributed by atoms with E-state index < -0.39 is 0 Å². The maximum atomic E-state index is 12.3. The fourth-order valence-electron chi connectivity index (χ4n) is 2.77. The van der Waals surface area contributed by atoms with Crippen LogP contribution in [-0.2, 0) is 4.79 Å². The van der Waals surface area contributed by atoms with Crippen LogP contribution in [0, 0.1) is 17.7 Å². The van der Waals surface area contributed by atoms with Crippen molar-refractivity contribution in [3.8, 4) is 0 Å². The van der Waals surface area contributed by atoms with Crippen molar-refractivity contribution in [2.75, 3.05) is 0 Å². The van der Waals surface area contributed by atoms with Crippen LogP contribution in [0.4, 0.5) is 0 Å². The Morgan fingerprint density at radius 1 is 1.47 bits per heavy atom. The van der Waals surface area contributed by atoms with Crippen LogP contribution in [-0.4, -0.2) is 11.6 Å². The molecule has 19 heavy (non-hydrogen) atoms. The van der Waals surface area contributed by atoms with Crippen molar-refractivity contribution in [1.82, 2.24) is 0 Å². The van der Waals surface area contributed by atoms with E-state index >= 15 is 0 Å². The Kier molecular flexibility index (Phi) is 3.74. The van der Waals surface area contributed by atoms with E-state index in [0.29, 0.717) is 31.0 Å². The van der Waals surface area contributed by atoms with Crippen LogP contribution in [0.5, 0.6) is 0 Å². The molecule has 3 N–H and O–H groups in total. The minimum absolute atomic E-state index is 0.170. The quantitative estimate of drug-likeness (QED) is 0.608. The number of amidine groups is 1. The Balaban J connectivity index is 1.95. The highest BCUT2D eigenvalue weighted by Gasteiger charge is 2.55. The van der Waals surface area contributed by atoms with Gasteiger partial charge in [-0.1, -0.05) is 36.8 Å². The summed E-state index contributed by atoms with van der Waals surface area (Å²) in [5.41, 5.74) is 7.65. The fourth-order valence-corrected chi connectivity index (χ4v) is 2.77. The van der Waals surface area contributed by atoms with Crippen molar-refractivity contribution in [2.24, 2.45) is 11.1 Å². The van der Waals surface area contributed by atoms with Gasteiger partial charge in [-0.25, -0.2) is 0 Å². The number of nitrogens with one attached hydrogen (secondary N) is 1. The molecule has 3 nitrogen and oxygen atoms in total. The number of rotatable bonds is 6. The highest BCUT2D eigenvalue weighted by Crippen LogP contribution is 2.60. The van der Waals surface area contributed by atoms with E-state index in [0.717, 1.165) is 6.42 Å². The summed E-state index contributed by atoms with van der Waals surface area (Å²) < 4.78 is 0. The Morgan fingerprint density at radius 2 is 2.21 bits per heavy atom. The SMILES string of the molecule is Cc1cccc([C@H]2CC2(C)C(=O)CCCC(=N)N)c1. The Bertz CT molecular complexity index is 509. The number of Topliss-reactive ketones (excluding diaryl/α,β-unsaturated/α-hetero) is 1. The zero-order valence-corrected chi connectivity index (χ0v) is 11.7. The first-order chi connectivity index (χ1) is 8.93. The molecule has 1 aromatic rings. The molecule has 0 bridgehead atoms. The third kappa shape index (κ3) is 3.03. The Hall–Kier alpha value is -1.64. The van der Waals surface area contributed by atoms with Gasteiger partial charge in [0.1, 0.15) is 5.78 Å². The summed E-state index contributed by atoms with van der Waals surface area (Å²) in [4.78, 5) is 12.3. The number of carbonyl (C=O) groups excluding carboxylic acids is 1. The van der Waals surface area contributed by atoms with Gasteiger partial charge in [0, 0.05) is 18.3 Å². The van der Waals surface area contributed by atoms with Crippen LogP contribution in [0.3, 0.4) is 0 Å². The van der Waals surface area contributed by atoms with Gasteiger partial charge in [-0.2, -0.15) is 0 Å². The molecule has 0 amide bonds. The van der Waals surface area contributed by atoms with Crippen LogP contribution in [0.2, 0.25) is 0 Å². The molecule has 0 heterocycles. The van der Waals surface area contributed by atoms with Crippen LogP contribution in [0.25, 0.3) is 0 Å². The van der Waals surface area contributed by atoms with Gasteiger partial charge < -0.3 is 5.73 Å². The van der Waals surface area contributed by atoms with Gasteiger partial charge in [0.15, 0.2) is 0 Å². The second-order valence-electron chi connectivity index (χ2n) is 5.89. The van der Waals surface area contributed by atoms with Gasteiger partial charge in [-0.3, -0.25) is 10.2 Å². The molecule has 0 aliphatic heterocycles. The predicted octanol–water partition coefficient (Wildman–Crippen LogP) is 3.16. The zero-order chi connectivity index (χ0) is 14.0. The van der Waals surface area contributed by atoms with Crippen molar-refractivity contribution in [2.45, 2.75) is 45.4 Å². The summed E-state index contributed by atoms with van der Waals surface area (Å²) in [5.74, 6) is 0.862. The maximum absolute atomic E-state index is 12.3. The Labute approximate surface area is 114 Å². The highest BCUT2D eigenvalue weighted by molar-refractivity contribution is 5.89. The third-order valence-corrected chi connectivity index (χ3v) is 4.17. The molecule has 0 radical (unpaired) electrons. The molecule has 102 valence electrons. The van der Waals surface area contributed by atoms with Crippen LogP contribution < -0.4 is 5.73 Å². The molecular formula is C16H22N2O. The van der Waals surface area contributed by atoms with E-state index in [2.05, 4.69) is 38.1 Å². The van der Waals surface area contributed by atoms with E-state index in [1.807, 2.05) is 0 Å². The summed E-state index contributed by atoms with van der Waals surface area (Å²) in [7, 11) is 0. The number of hydrogen-bond donors (Lipinski definition) is 2. The molecule has 1 unspecified atom stereocenters. The average molecular weight is 258 g/mol. The number of carbonyl (C=O) groups is 1. The van der Waals surface area contributed by atoms with Gasteiger partial charge in [0.05, 0.1) is 5.84 Å². The standard InChI is InChI=1S/C16H22N2O/c1-11-5-3-6-12(9-11)13-10-16(13,2)14(19)7-4-8-15(17)18/h3,5-6,9,13H,4,7-8,10H2,1-2H3,(H3,17,18)/t13-,16?/m1/s1. The minimum atomic E-state index is -0.190. The summed E-state index contributed by atoms with van der Waals surface area (Å²) in [6.45, 7) is 4.15. The highest BCUT2D eigenvalue weighted by atomic mass is 16.1. The van der Waals surface area contributed by atoms with E-state index in [-0.39, 0.29) is 11.3 Å². The maximum Gasteiger partial charge on any atom is 0.139 e. The third-order valence-electron chi connectivity index (χ3n) is 4.17. The van der Waals surface area contributed by atoms with E-state index in [9.17, 15) is 4.79 Å². The largest absolute Gasteiger partial charge is 0.388 e. The first-order valence-corrected chi connectivity index (χ1v) is 6.86. The molecule has 1 aliphatic rings. The lowest BCUT2D eigenvalue weighted by Gasteiger charge is -2.10. The van der Waals surface area contributed by atoms with Crippen molar-refractivity contribution >= 4 is 11.6 Å². The summed E-state index contributed by atoms with van der Waals surface area (Å²) >= 11 is 0. The van der Waals surface area contributed by atoms with Gasteiger partial charge in [-0.15, -0.1) is 0 Å². The Morgan fingerprint density at radius 3 is 2.84 bits per heavy atom. The van der Waals surface area contributed by atoms with Crippen molar-refractivity contribution in [3.05, 3.63) is 35.4 Å². The normalized spacial score (nSPS) is 25.1. The number of benzene rings is 1. The average Bonchev–Trinajstić information content (AvgIpc) is 3.03. The first-order valence-electron chi connectivity index (χ1n) is 6.86. The molecule has 3 heteroatoms. The summed E-state index contributed by atoms with van der Waals surface area (Å²) in [6, 6.07) is 8.44. The van der Waals surface area contributed by atoms with Crippen molar-refractivity contribution in [1.29, 1.82) is 5.41 Å². The minimum Gasteiger partial charge on any atom is -0.388 e. The summed E-state index contributed by atoms with van der Waals surface area (Å²) in [5, 5.41) is 7.17. The van der Waals surface area contributed by atoms with Gasteiger partial charge >= 0.3 is 0 Å². The number of hydrogen-bond acceptors (Lipinski definition) is 2. The fraction of sp³-hybridized carbons (Fsp3) is 0.500. The van der Waals surface area contributed by atoms with Gasteiger partial charge in [-0.05, 0) is 31.2 Å². The molecule has 1 aromatic carbocycles. The molecule has 1 aliphatic carbocycles. The molecule has 1 fully saturated rings. The molecule has 0 spiro atoms. The van der Waals surface area contributed by atoms with Crippen LogP contribution in [0.15, 0.2) is 24.3 Å². The molecule has 2 atom stereocenters. The second-order valence-corrected chi connectivity index (χ2v) is 5.89. The molecule has 0 saturated heterocycles. The topological polar surface area (TPSA) is 66.9 Å². The number of aryl methyl sites for hydroxylation is 1. The monoisotopic (exact) mass is 258 g/mol. The van der Waals surface area contributed by atoms with E-state index in [1.54, 1.807) is 0 Å². The molecule has 2 rings (SSSR count). The van der Waals surface area contributed by atoms with Gasteiger partial charge in [0.2, 0.25) is 0 Å².